The second kappa shape index (κ2) is 8.23. The molecule has 3 fully saturated rings. The summed E-state index contributed by atoms with van der Waals surface area (Å²) in [5, 5.41) is 0. The molecule has 7 nitrogen and oxygen atoms in total. The Balaban J connectivity index is 1.25. The summed E-state index contributed by atoms with van der Waals surface area (Å²) in [5.74, 6) is 1.77. The Hall–Kier alpha value is -1.89. The van der Waals surface area contributed by atoms with E-state index in [9.17, 15) is 4.79 Å². The number of amides is 1. The van der Waals surface area contributed by atoms with Crippen LogP contribution in [0.25, 0.3) is 0 Å². The minimum absolute atomic E-state index is 0.132. The minimum Gasteiger partial charge on any atom is -0.450 e. The molecule has 1 spiro atoms. The fourth-order valence-electron chi connectivity index (χ4n) is 5.36. The number of carbonyl (C=O) groups excluding carboxylic acids is 1. The Labute approximate surface area is 167 Å². The Morgan fingerprint density at radius 1 is 1.36 bits per heavy atom. The lowest BCUT2D eigenvalue weighted by Gasteiger charge is -2.51. The van der Waals surface area contributed by atoms with Gasteiger partial charge < -0.3 is 19.1 Å². The van der Waals surface area contributed by atoms with Gasteiger partial charge in [0.15, 0.2) is 0 Å². The number of nitrogens with zero attached hydrogens (tertiary/aromatic N) is 5. The van der Waals surface area contributed by atoms with Crippen LogP contribution in [-0.2, 0) is 11.3 Å². The normalized spacial score (nSPS) is 28.9. The second-order valence-electron chi connectivity index (χ2n) is 8.62. The number of aromatic nitrogens is 2. The van der Waals surface area contributed by atoms with Gasteiger partial charge in [0.25, 0.3) is 0 Å². The molecule has 28 heavy (non-hydrogen) atoms. The molecule has 1 aromatic heterocycles. The Morgan fingerprint density at radius 2 is 2.14 bits per heavy atom. The highest BCUT2D eigenvalue weighted by Gasteiger charge is 2.51. The van der Waals surface area contributed by atoms with Crippen LogP contribution >= 0.6 is 0 Å². The molecular weight excluding hydrogens is 354 g/mol. The first-order valence-corrected chi connectivity index (χ1v) is 10.7. The minimum atomic E-state index is -0.132. The number of carbonyl (C=O) groups is 1. The van der Waals surface area contributed by atoms with Crippen molar-refractivity contribution >= 4 is 12.3 Å². The Kier molecular flexibility index (Phi) is 5.71. The molecule has 1 amide bonds. The molecule has 0 N–H and O–H groups in total. The first-order valence-electron chi connectivity index (χ1n) is 10.7. The number of hydrogen-bond donors (Lipinski definition) is 0. The van der Waals surface area contributed by atoms with Crippen LogP contribution < -0.4 is 0 Å². The van der Waals surface area contributed by atoms with Crippen LogP contribution in [0, 0.1) is 5.41 Å². The molecule has 7 heteroatoms. The molecule has 0 aromatic carbocycles. The first kappa shape index (κ1) is 19.4. The molecule has 3 heterocycles. The van der Waals surface area contributed by atoms with Crippen LogP contribution in [0.1, 0.15) is 50.8 Å². The fourth-order valence-corrected chi connectivity index (χ4v) is 5.36. The zero-order valence-corrected chi connectivity index (χ0v) is 17.2. The van der Waals surface area contributed by atoms with E-state index in [1.807, 2.05) is 31.3 Å². The number of aliphatic imine (C=N–C) groups is 1. The molecule has 4 rings (SSSR count). The summed E-state index contributed by atoms with van der Waals surface area (Å²) >= 11 is 0. The van der Waals surface area contributed by atoms with E-state index in [1.54, 1.807) is 0 Å². The van der Waals surface area contributed by atoms with E-state index in [2.05, 4.69) is 25.6 Å². The number of imidazole rings is 1. The van der Waals surface area contributed by atoms with Crippen molar-refractivity contribution in [3.63, 3.8) is 0 Å². The number of piperidine rings is 1. The van der Waals surface area contributed by atoms with Gasteiger partial charge in [0.2, 0.25) is 0 Å². The lowest BCUT2D eigenvalue weighted by molar-refractivity contribution is -0.00518. The highest BCUT2D eigenvalue weighted by atomic mass is 16.6. The molecular formula is C21H33N5O2. The third-order valence-corrected chi connectivity index (χ3v) is 6.92. The van der Waals surface area contributed by atoms with Crippen LogP contribution in [0.15, 0.2) is 17.4 Å². The van der Waals surface area contributed by atoms with Gasteiger partial charge in [0.1, 0.15) is 5.82 Å². The third kappa shape index (κ3) is 3.81. The zero-order chi connectivity index (χ0) is 19.6. The molecule has 1 aliphatic carbocycles. The highest BCUT2D eigenvalue weighted by molar-refractivity contribution is 5.68. The fraction of sp³-hybridized carbons (Fsp3) is 0.762. The van der Waals surface area contributed by atoms with Gasteiger partial charge in [-0.1, -0.05) is 0 Å². The third-order valence-electron chi connectivity index (χ3n) is 6.92. The van der Waals surface area contributed by atoms with Crippen molar-refractivity contribution in [3.8, 4) is 0 Å². The summed E-state index contributed by atoms with van der Waals surface area (Å²) in [6, 6.07) is 0.690. The average molecular weight is 388 g/mol. The lowest BCUT2D eigenvalue weighted by atomic mass is 9.64. The maximum absolute atomic E-state index is 12.0. The van der Waals surface area contributed by atoms with Gasteiger partial charge in [-0.05, 0) is 57.5 Å². The van der Waals surface area contributed by atoms with Gasteiger partial charge in [-0.2, -0.15) is 0 Å². The van der Waals surface area contributed by atoms with Crippen molar-refractivity contribution in [1.82, 2.24) is 19.4 Å². The second-order valence-corrected chi connectivity index (χ2v) is 8.62. The predicted octanol–water partition coefficient (Wildman–Crippen LogP) is 2.77. The van der Waals surface area contributed by atoms with Crippen molar-refractivity contribution in [2.75, 3.05) is 39.8 Å². The maximum Gasteiger partial charge on any atom is 0.409 e. The van der Waals surface area contributed by atoms with Gasteiger partial charge in [0.05, 0.1) is 13.2 Å². The van der Waals surface area contributed by atoms with Crippen molar-refractivity contribution in [1.29, 1.82) is 0 Å². The smallest absolute Gasteiger partial charge is 0.409 e. The summed E-state index contributed by atoms with van der Waals surface area (Å²) in [7, 11) is 1.82. The van der Waals surface area contributed by atoms with Crippen LogP contribution in [0.4, 0.5) is 4.79 Å². The van der Waals surface area contributed by atoms with Crippen molar-refractivity contribution < 1.29 is 9.53 Å². The summed E-state index contributed by atoms with van der Waals surface area (Å²) in [6.07, 6.45) is 11.7. The molecule has 154 valence electrons. The molecule has 0 atom stereocenters. The van der Waals surface area contributed by atoms with E-state index in [-0.39, 0.29) is 6.09 Å². The molecule has 1 saturated carbocycles. The quantitative estimate of drug-likeness (QED) is 0.729. The Bertz CT molecular complexity index is 701. The van der Waals surface area contributed by atoms with Gasteiger partial charge in [0, 0.05) is 50.7 Å². The highest BCUT2D eigenvalue weighted by Crippen LogP contribution is 2.51. The van der Waals surface area contributed by atoms with E-state index in [4.69, 9.17) is 4.74 Å². The SMILES string of the molecule is CCOC(=O)N1CCC2(CC(N3CCC(c4nccn4CC=NC)CC3)C2)C1. The average Bonchev–Trinajstić information content (AvgIpc) is 3.33. The van der Waals surface area contributed by atoms with E-state index < -0.39 is 0 Å². The predicted molar refractivity (Wildman–Crippen MR) is 109 cm³/mol. The topological polar surface area (TPSA) is 63.0 Å². The molecule has 2 saturated heterocycles. The molecule has 3 aliphatic rings. The van der Waals surface area contributed by atoms with Crippen molar-refractivity contribution in [2.24, 2.45) is 10.4 Å². The zero-order valence-electron chi connectivity index (χ0n) is 17.2. The number of ether oxygens (including phenoxy) is 1. The van der Waals surface area contributed by atoms with Crippen LogP contribution in [0.2, 0.25) is 0 Å². The van der Waals surface area contributed by atoms with Crippen LogP contribution in [0.3, 0.4) is 0 Å². The van der Waals surface area contributed by atoms with E-state index in [0.29, 0.717) is 24.0 Å². The van der Waals surface area contributed by atoms with E-state index in [1.165, 1.54) is 31.5 Å². The van der Waals surface area contributed by atoms with Crippen LogP contribution in [0.5, 0.6) is 0 Å². The summed E-state index contributed by atoms with van der Waals surface area (Å²) < 4.78 is 7.40. The number of rotatable bonds is 5. The summed E-state index contributed by atoms with van der Waals surface area (Å²) in [4.78, 5) is 25.3. The number of likely N-dealkylation sites (tertiary alicyclic amines) is 2. The molecule has 0 unspecified atom stereocenters. The molecule has 1 aromatic rings. The first-order chi connectivity index (χ1) is 13.6. The van der Waals surface area contributed by atoms with Gasteiger partial charge >= 0.3 is 6.09 Å². The Morgan fingerprint density at radius 3 is 2.86 bits per heavy atom. The molecule has 0 radical (unpaired) electrons. The van der Waals surface area contributed by atoms with Crippen molar-refractivity contribution in [2.45, 2.75) is 57.5 Å². The summed E-state index contributed by atoms with van der Waals surface area (Å²) in [5.41, 5.74) is 0.351. The van der Waals surface area contributed by atoms with Crippen molar-refractivity contribution in [3.05, 3.63) is 18.2 Å². The number of hydrogen-bond acceptors (Lipinski definition) is 5. The summed E-state index contributed by atoms with van der Waals surface area (Å²) in [6.45, 7) is 7.20. The van der Waals surface area contributed by atoms with Crippen LogP contribution in [-0.4, -0.2) is 77.5 Å². The molecule has 2 aliphatic heterocycles. The lowest BCUT2D eigenvalue weighted by Crippen LogP contribution is -2.54. The maximum atomic E-state index is 12.0. The van der Waals surface area contributed by atoms with Gasteiger partial charge in [-0.15, -0.1) is 0 Å². The van der Waals surface area contributed by atoms with E-state index in [0.717, 1.165) is 39.1 Å². The largest absolute Gasteiger partial charge is 0.450 e. The standard InChI is InChI=1S/C21H33N5O2/c1-3-28-20(27)26-11-6-21(16-26)14-18(15-21)24-9-4-17(5-10-24)19-23-8-13-25(19)12-7-22-2/h7-8,13,17-18H,3-6,9-12,14-16H2,1-2H3. The monoisotopic (exact) mass is 387 g/mol. The van der Waals surface area contributed by atoms with Gasteiger partial charge in [-0.25, -0.2) is 9.78 Å². The van der Waals surface area contributed by atoms with Gasteiger partial charge in [-0.3, -0.25) is 4.99 Å². The molecule has 0 bridgehead atoms. The van der Waals surface area contributed by atoms with E-state index >= 15 is 0 Å².